The van der Waals surface area contributed by atoms with Gasteiger partial charge in [0.15, 0.2) is 0 Å². The molecule has 118 valence electrons. The molecule has 2 nitrogen and oxygen atoms in total. The van der Waals surface area contributed by atoms with Crippen LogP contribution < -0.4 is 10.5 Å². The van der Waals surface area contributed by atoms with E-state index in [-0.39, 0.29) is 0 Å². The molecule has 2 aromatic carbocycles. The summed E-state index contributed by atoms with van der Waals surface area (Å²) < 4.78 is 5.41. The van der Waals surface area contributed by atoms with Gasteiger partial charge in [0, 0.05) is 0 Å². The summed E-state index contributed by atoms with van der Waals surface area (Å²) in [5, 5.41) is 0. The maximum Gasteiger partial charge on any atom is 0.122 e. The van der Waals surface area contributed by atoms with Gasteiger partial charge in [0.05, 0.1) is 7.11 Å². The summed E-state index contributed by atoms with van der Waals surface area (Å²) in [6.07, 6.45) is 4.40. The lowest BCUT2D eigenvalue weighted by molar-refractivity contribution is 0.409. The molecular formula is C20H27NO. The second-order valence-corrected chi connectivity index (χ2v) is 5.74. The molecule has 0 amide bonds. The first-order chi connectivity index (χ1) is 10.8. The first-order valence-electron chi connectivity index (χ1n) is 8.19. The fraction of sp³-hybridized carbons (Fsp3) is 0.400. The van der Waals surface area contributed by atoms with Crippen molar-refractivity contribution in [3.8, 4) is 5.75 Å². The highest BCUT2D eigenvalue weighted by Gasteiger charge is 2.12. The maximum absolute atomic E-state index is 6.02. The van der Waals surface area contributed by atoms with Gasteiger partial charge in [-0.1, -0.05) is 49.4 Å². The Kier molecular flexibility index (Phi) is 6.47. The minimum atomic E-state index is 0.430. The minimum Gasteiger partial charge on any atom is -0.496 e. The quantitative estimate of drug-likeness (QED) is 0.787. The van der Waals surface area contributed by atoms with Gasteiger partial charge >= 0.3 is 0 Å². The van der Waals surface area contributed by atoms with E-state index in [1.165, 1.54) is 23.1 Å². The Morgan fingerprint density at radius 2 is 1.86 bits per heavy atom. The normalized spacial score (nSPS) is 12.1. The molecule has 0 aliphatic heterocycles. The summed E-state index contributed by atoms with van der Waals surface area (Å²) in [7, 11) is 1.73. The van der Waals surface area contributed by atoms with E-state index in [1.807, 2.05) is 0 Å². The van der Waals surface area contributed by atoms with E-state index < -0.39 is 0 Å². The zero-order valence-corrected chi connectivity index (χ0v) is 13.7. The van der Waals surface area contributed by atoms with Crippen molar-refractivity contribution in [3.63, 3.8) is 0 Å². The molecule has 22 heavy (non-hydrogen) atoms. The average Bonchev–Trinajstić information content (AvgIpc) is 2.59. The molecule has 0 aromatic heterocycles. The van der Waals surface area contributed by atoms with Crippen molar-refractivity contribution in [1.82, 2.24) is 0 Å². The zero-order chi connectivity index (χ0) is 15.8. The number of methoxy groups -OCH3 is 1. The van der Waals surface area contributed by atoms with Crippen LogP contribution >= 0.6 is 0 Å². The second-order valence-electron chi connectivity index (χ2n) is 5.74. The van der Waals surface area contributed by atoms with Gasteiger partial charge in [-0.2, -0.15) is 0 Å². The molecule has 2 aromatic rings. The van der Waals surface area contributed by atoms with Crippen molar-refractivity contribution in [2.75, 3.05) is 13.7 Å². The highest BCUT2D eigenvalue weighted by Crippen LogP contribution is 2.27. The molecule has 0 heterocycles. The van der Waals surface area contributed by atoms with Crippen LogP contribution in [0.3, 0.4) is 0 Å². The highest BCUT2D eigenvalue weighted by atomic mass is 16.5. The van der Waals surface area contributed by atoms with Crippen LogP contribution in [-0.2, 0) is 12.8 Å². The predicted molar refractivity (Wildman–Crippen MR) is 93.5 cm³/mol. The van der Waals surface area contributed by atoms with Gasteiger partial charge in [-0.3, -0.25) is 0 Å². The van der Waals surface area contributed by atoms with Crippen LogP contribution in [0.2, 0.25) is 0 Å². The van der Waals surface area contributed by atoms with E-state index in [2.05, 4.69) is 55.5 Å². The Bertz CT molecular complexity index is 565. The first-order valence-corrected chi connectivity index (χ1v) is 8.19. The molecule has 0 spiro atoms. The van der Waals surface area contributed by atoms with Gasteiger partial charge in [0.25, 0.3) is 0 Å². The van der Waals surface area contributed by atoms with Gasteiger partial charge in [-0.15, -0.1) is 0 Å². The molecule has 0 aliphatic rings. The zero-order valence-electron chi connectivity index (χ0n) is 13.7. The van der Waals surface area contributed by atoms with Crippen LogP contribution in [0.25, 0.3) is 0 Å². The molecule has 0 bridgehead atoms. The van der Waals surface area contributed by atoms with Crippen LogP contribution in [0.4, 0.5) is 0 Å². The summed E-state index contributed by atoms with van der Waals surface area (Å²) in [6, 6.07) is 17.2. The molecule has 2 rings (SSSR count). The number of benzene rings is 2. The Labute approximate surface area is 134 Å². The highest BCUT2D eigenvalue weighted by molar-refractivity contribution is 5.38. The fourth-order valence-corrected chi connectivity index (χ4v) is 2.95. The number of ether oxygens (including phenoxy) is 1. The van der Waals surface area contributed by atoms with Crippen molar-refractivity contribution in [2.24, 2.45) is 5.73 Å². The van der Waals surface area contributed by atoms with Gasteiger partial charge < -0.3 is 10.5 Å². The summed E-state index contributed by atoms with van der Waals surface area (Å²) >= 11 is 0. The fourth-order valence-electron chi connectivity index (χ4n) is 2.95. The topological polar surface area (TPSA) is 35.2 Å². The third-order valence-corrected chi connectivity index (χ3v) is 4.30. The van der Waals surface area contributed by atoms with E-state index in [0.717, 1.165) is 25.0 Å². The molecule has 0 aliphatic carbocycles. The number of hydrogen-bond acceptors (Lipinski definition) is 2. The molecular weight excluding hydrogens is 270 g/mol. The van der Waals surface area contributed by atoms with Gasteiger partial charge in [-0.25, -0.2) is 0 Å². The van der Waals surface area contributed by atoms with Crippen LogP contribution in [0.5, 0.6) is 5.75 Å². The summed E-state index contributed by atoms with van der Waals surface area (Å²) in [4.78, 5) is 0. The Morgan fingerprint density at radius 1 is 1.09 bits per heavy atom. The van der Waals surface area contributed by atoms with Crippen LogP contribution in [0.1, 0.15) is 42.4 Å². The standard InChI is InChI=1S/C20H27NO/c1-3-17-14-18(12-13-20(17)22-2)19(15-21)11-7-10-16-8-5-4-6-9-16/h4-6,8-9,12-14,19H,3,7,10-11,15,21H2,1-2H3. The molecule has 0 saturated carbocycles. The maximum atomic E-state index is 6.02. The monoisotopic (exact) mass is 297 g/mol. The number of nitrogens with two attached hydrogens (primary N) is 1. The Morgan fingerprint density at radius 3 is 2.50 bits per heavy atom. The minimum absolute atomic E-state index is 0.430. The molecule has 0 fully saturated rings. The molecule has 0 radical (unpaired) electrons. The lowest BCUT2D eigenvalue weighted by atomic mass is 9.91. The summed E-state index contributed by atoms with van der Waals surface area (Å²) in [5.74, 6) is 1.41. The van der Waals surface area contributed by atoms with Gasteiger partial charge in [0.1, 0.15) is 5.75 Å². The SMILES string of the molecule is CCc1cc(C(CN)CCCc2ccccc2)ccc1OC. The lowest BCUT2D eigenvalue weighted by Gasteiger charge is -2.17. The molecule has 2 N–H and O–H groups in total. The lowest BCUT2D eigenvalue weighted by Crippen LogP contribution is -2.13. The number of rotatable bonds is 8. The van der Waals surface area contributed by atoms with E-state index in [4.69, 9.17) is 10.5 Å². The number of aryl methyl sites for hydroxylation is 2. The summed E-state index contributed by atoms with van der Waals surface area (Å²) in [6.45, 7) is 2.86. The van der Waals surface area contributed by atoms with Crippen LogP contribution in [0.15, 0.2) is 48.5 Å². The van der Waals surface area contributed by atoms with E-state index >= 15 is 0 Å². The predicted octanol–water partition coefficient (Wildman–Crippen LogP) is 4.32. The molecule has 1 unspecified atom stereocenters. The summed E-state index contributed by atoms with van der Waals surface area (Å²) in [5.41, 5.74) is 10.0. The third-order valence-electron chi connectivity index (χ3n) is 4.30. The smallest absolute Gasteiger partial charge is 0.122 e. The molecule has 1 atom stereocenters. The largest absolute Gasteiger partial charge is 0.496 e. The van der Waals surface area contributed by atoms with Crippen molar-refractivity contribution < 1.29 is 4.74 Å². The van der Waals surface area contributed by atoms with Crippen molar-refractivity contribution >= 4 is 0 Å². The second kappa shape index (κ2) is 8.60. The molecule has 0 saturated heterocycles. The molecule has 2 heteroatoms. The third kappa shape index (κ3) is 4.35. The van der Waals surface area contributed by atoms with E-state index in [9.17, 15) is 0 Å². The first kappa shape index (κ1) is 16.6. The van der Waals surface area contributed by atoms with Crippen molar-refractivity contribution in [2.45, 2.75) is 38.5 Å². The Hall–Kier alpha value is -1.80. The average molecular weight is 297 g/mol. The number of hydrogen-bond donors (Lipinski definition) is 1. The van der Waals surface area contributed by atoms with Crippen LogP contribution in [-0.4, -0.2) is 13.7 Å². The van der Waals surface area contributed by atoms with E-state index in [1.54, 1.807) is 7.11 Å². The Balaban J connectivity index is 1.99. The van der Waals surface area contributed by atoms with Crippen molar-refractivity contribution in [1.29, 1.82) is 0 Å². The van der Waals surface area contributed by atoms with Crippen molar-refractivity contribution in [3.05, 3.63) is 65.2 Å². The van der Waals surface area contributed by atoms with Crippen LogP contribution in [0, 0.1) is 0 Å². The van der Waals surface area contributed by atoms with Gasteiger partial charge in [0.2, 0.25) is 0 Å². The van der Waals surface area contributed by atoms with E-state index in [0.29, 0.717) is 12.5 Å². The van der Waals surface area contributed by atoms with Gasteiger partial charge in [-0.05, 0) is 60.9 Å².